The zero-order valence-electron chi connectivity index (χ0n) is 44.0. The van der Waals surface area contributed by atoms with Crippen molar-refractivity contribution in [1.82, 2.24) is 0 Å². The summed E-state index contributed by atoms with van der Waals surface area (Å²) in [6, 6.07) is 0. The Hall–Kier alpha value is -0.990. The summed E-state index contributed by atoms with van der Waals surface area (Å²) < 4.78 is 32.8. The Balaban J connectivity index is 3.60. The Morgan fingerprint density at radius 2 is 0.652 bits per heavy atom. The molecule has 0 aromatic carbocycles. The van der Waals surface area contributed by atoms with E-state index in [1.54, 1.807) is 0 Å². The monoisotopic (exact) mass is 958 g/mol. The van der Waals surface area contributed by atoms with E-state index in [2.05, 4.69) is 13.8 Å². The normalized spacial score (nSPS) is 13.0. The molecule has 10 heteroatoms. The van der Waals surface area contributed by atoms with Crippen molar-refractivity contribution >= 4 is 19.8 Å². The first-order chi connectivity index (χ1) is 32.3. The summed E-state index contributed by atoms with van der Waals surface area (Å²) in [6.45, 7) is 3.74. The highest BCUT2D eigenvalue weighted by atomic mass is 31.2. The molecule has 0 spiro atoms. The van der Waals surface area contributed by atoms with E-state index in [9.17, 15) is 19.0 Å². The van der Waals surface area contributed by atoms with Gasteiger partial charge in [0, 0.05) is 19.4 Å². The van der Waals surface area contributed by atoms with Crippen molar-refractivity contribution < 1.29 is 37.6 Å². The lowest BCUT2D eigenvalue weighted by Crippen LogP contribution is -2.29. The van der Waals surface area contributed by atoms with Gasteiger partial charge in [0.1, 0.15) is 6.61 Å². The summed E-state index contributed by atoms with van der Waals surface area (Å²) in [4.78, 5) is 34.8. The van der Waals surface area contributed by atoms with Gasteiger partial charge in [-0.3, -0.25) is 18.6 Å². The second-order valence-corrected chi connectivity index (χ2v) is 21.3. The molecule has 0 aliphatic carbocycles. The second-order valence-electron chi connectivity index (χ2n) is 19.9. The van der Waals surface area contributed by atoms with Gasteiger partial charge in [-0.1, -0.05) is 290 Å². The summed E-state index contributed by atoms with van der Waals surface area (Å²) >= 11 is 0. The van der Waals surface area contributed by atoms with Gasteiger partial charge in [-0.25, -0.2) is 4.57 Å². The predicted octanol–water partition coefficient (Wildman–Crippen LogP) is 17.9. The summed E-state index contributed by atoms with van der Waals surface area (Å²) in [5.41, 5.74) is 5.35. The molecular formula is C56H112NO8P. The van der Waals surface area contributed by atoms with Crippen LogP contribution in [-0.4, -0.2) is 49.3 Å². The van der Waals surface area contributed by atoms with Crippen molar-refractivity contribution in [3.05, 3.63) is 0 Å². The van der Waals surface area contributed by atoms with Crippen LogP contribution in [0, 0.1) is 0 Å². The first-order valence-electron chi connectivity index (χ1n) is 29.0. The number of phosphoric ester groups is 1. The van der Waals surface area contributed by atoms with Crippen molar-refractivity contribution in [3.63, 3.8) is 0 Å². The van der Waals surface area contributed by atoms with E-state index in [0.717, 1.165) is 32.1 Å². The van der Waals surface area contributed by atoms with Crippen molar-refractivity contribution in [1.29, 1.82) is 0 Å². The van der Waals surface area contributed by atoms with Crippen LogP contribution >= 0.6 is 7.82 Å². The third kappa shape index (κ3) is 52.4. The van der Waals surface area contributed by atoms with Crippen LogP contribution in [0.3, 0.4) is 0 Å². The SMILES string of the molecule is CCCCCCCCCCCCCCCCCCCCCCCCCCCCCCCCCCCCCCCCC(=O)OC(COC(=O)CCCCCCCCC)COP(=O)(O)OCCN. The Kier molecular flexibility index (Phi) is 52.6. The zero-order valence-corrected chi connectivity index (χ0v) is 44.9. The number of carbonyl (C=O) groups excluding carboxylic acids is 2. The molecule has 0 saturated heterocycles. The summed E-state index contributed by atoms with van der Waals surface area (Å²) in [7, 11) is -4.37. The molecule has 0 fully saturated rings. The van der Waals surface area contributed by atoms with Crippen LogP contribution < -0.4 is 5.73 Å². The topological polar surface area (TPSA) is 134 Å². The number of esters is 2. The van der Waals surface area contributed by atoms with Crippen LogP contribution in [0.5, 0.6) is 0 Å². The molecule has 0 aliphatic rings. The van der Waals surface area contributed by atoms with Crippen LogP contribution in [0.25, 0.3) is 0 Å². The van der Waals surface area contributed by atoms with Gasteiger partial charge in [0.05, 0.1) is 13.2 Å². The van der Waals surface area contributed by atoms with Crippen molar-refractivity contribution in [2.45, 2.75) is 322 Å². The Bertz CT molecular complexity index is 1050. The molecule has 66 heavy (non-hydrogen) atoms. The van der Waals surface area contributed by atoms with Gasteiger partial charge in [-0.05, 0) is 12.8 Å². The average molecular weight is 958 g/mol. The molecule has 0 amide bonds. The lowest BCUT2D eigenvalue weighted by molar-refractivity contribution is -0.161. The van der Waals surface area contributed by atoms with Gasteiger partial charge in [0.2, 0.25) is 0 Å². The molecule has 2 atom stereocenters. The van der Waals surface area contributed by atoms with E-state index in [1.807, 2.05) is 0 Å². The quantitative estimate of drug-likeness (QED) is 0.0347. The molecule has 0 saturated carbocycles. The summed E-state index contributed by atoms with van der Waals surface area (Å²) in [6.07, 6.45) is 59.5. The van der Waals surface area contributed by atoms with Gasteiger partial charge < -0.3 is 20.1 Å². The molecule has 394 valence electrons. The maximum atomic E-state index is 12.6. The second kappa shape index (κ2) is 53.4. The van der Waals surface area contributed by atoms with Gasteiger partial charge in [0.15, 0.2) is 6.10 Å². The molecule has 9 nitrogen and oxygen atoms in total. The van der Waals surface area contributed by atoms with Gasteiger partial charge in [0.25, 0.3) is 0 Å². The molecule has 0 aliphatic heterocycles. The molecule has 0 aromatic rings. The van der Waals surface area contributed by atoms with E-state index in [-0.39, 0.29) is 38.6 Å². The molecule has 0 aromatic heterocycles. The maximum absolute atomic E-state index is 12.6. The number of rotatable bonds is 56. The van der Waals surface area contributed by atoms with E-state index in [1.165, 1.54) is 250 Å². The Morgan fingerprint density at radius 1 is 0.394 bits per heavy atom. The summed E-state index contributed by atoms with van der Waals surface area (Å²) in [5, 5.41) is 0. The maximum Gasteiger partial charge on any atom is 0.472 e. The first-order valence-corrected chi connectivity index (χ1v) is 30.5. The third-order valence-electron chi connectivity index (χ3n) is 13.2. The fourth-order valence-electron chi connectivity index (χ4n) is 8.93. The molecule has 0 bridgehead atoms. The minimum absolute atomic E-state index is 0.0579. The van der Waals surface area contributed by atoms with Crippen LogP contribution in [0.15, 0.2) is 0 Å². The Labute approximate surface area is 409 Å². The highest BCUT2D eigenvalue weighted by Crippen LogP contribution is 2.43. The number of ether oxygens (including phenoxy) is 2. The number of phosphoric acid groups is 1. The van der Waals surface area contributed by atoms with Gasteiger partial charge >= 0.3 is 19.8 Å². The summed E-state index contributed by atoms with van der Waals surface area (Å²) in [5.74, 6) is -0.818. The number of unbranched alkanes of at least 4 members (excludes halogenated alkanes) is 43. The molecule has 0 rings (SSSR count). The molecule has 0 heterocycles. The lowest BCUT2D eigenvalue weighted by atomic mass is 10.0. The smallest absolute Gasteiger partial charge is 0.462 e. The fraction of sp³-hybridized carbons (Fsp3) is 0.964. The number of nitrogens with two attached hydrogens (primary N) is 1. The zero-order chi connectivity index (χ0) is 48.1. The minimum atomic E-state index is -4.37. The molecule has 0 radical (unpaired) electrons. The average Bonchev–Trinajstić information content (AvgIpc) is 3.31. The Morgan fingerprint density at radius 3 is 0.924 bits per heavy atom. The molecule has 2 unspecified atom stereocenters. The number of hydrogen-bond acceptors (Lipinski definition) is 8. The lowest BCUT2D eigenvalue weighted by Gasteiger charge is -2.19. The third-order valence-corrected chi connectivity index (χ3v) is 14.2. The standard InChI is InChI=1S/C56H112NO8P/c1-3-5-7-9-11-12-13-14-15-16-17-18-19-20-21-22-23-24-25-26-27-28-29-30-31-32-33-34-35-36-37-38-39-40-41-43-45-47-49-56(59)65-54(53-64-66(60,61)63-51-50-57)52-62-55(58)48-46-44-42-10-8-6-4-2/h54H,3-53,57H2,1-2H3,(H,60,61). The minimum Gasteiger partial charge on any atom is -0.462 e. The van der Waals surface area contributed by atoms with Crippen LogP contribution in [0.4, 0.5) is 0 Å². The van der Waals surface area contributed by atoms with E-state index < -0.39 is 26.5 Å². The largest absolute Gasteiger partial charge is 0.472 e. The van der Waals surface area contributed by atoms with Crippen LogP contribution in [0.1, 0.15) is 316 Å². The molecular weight excluding hydrogens is 846 g/mol. The van der Waals surface area contributed by atoms with E-state index in [4.69, 9.17) is 24.3 Å². The predicted molar refractivity (Wildman–Crippen MR) is 280 cm³/mol. The van der Waals surface area contributed by atoms with Crippen LogP contribution in [0.2, 0.25) is 0 Å². The van der Waals surface area contributed by atoms with Crippen molar-refractivity contribution in [2.24, 2.45) is 5.73 Å². The highest BCUT2D eigenvalue weighted by Gasteiger charge is 2.26. The fourth-order valence-corrected chi connectivity index (χ4v) is 9.70. The van der Waals surface area contributed by atoms with Crippen LogP contribution in [-0.2, 0) is 32.7 Å². The number of carbonyl (C=O) groups is 2. The molecule has 3 N–H and O–H groups in total. The van der Waals surface area contributed by atoms with E-state index >= 15 is 0 Å². The van der Waals surface area contributed by atoms with Crippen molar-refractivity contribution in [3.8, 4) is 0 Å². The van der Waals surface area contributed by atoms with Gasteiger partial charge in [-0.15, -0.1) is 0 Å². The number of hydrogen-bond donors (Lipinski definition) is 2. The first kappa shape index (κ1) is 65.0. The highest BCUT2D eigenvalue weighted by molar-refractivity contribution is 7.47. The van der Waals surface area contributed by atoms with E-state index in [0.29, 0.717) is 6.42 Å². The van der Waals surface area contributed by atoms with Crippen molar-refractivity contribution in [2.75, 3.05) is 26.4 Å². The van der Waals surface area contributed by atoms with Gasteiger partial charge in [-0.2, -0.15) is 0 Å².